The molecule has 1 aromatic heterocycles. The first-order valence-corrected chi connectivity index (χ1v) is 6.25. The zero-order valence-corrected chi connectivity index (χ0v) is 10.5. The van der Waals surface area contributed by atoms with Crippen LogP contribution in [0.3, 0.4) is 0 Å². The average molecular weight is 250 g/mol. The van der Waals surface area contributed by atoms with Gasteiger partial charge in [0.25, 0.3) is 5.69 Å². The Hall–Kier alpha value is -1.69. The van der Waals surface area contributed by atoms with Crippen LogP contribution in [0.5, 0.6) is 0 Å². The summed E-state index contributed by atoms with van der Waals surface area (Å²) in [4.78, 5) is 14.4. The number of aromatic nitrogens is 1. The van der Waals surface area contributed by atoms with E-state index in [1.54, 1.807) is 6.07 Å². The summed E-state index contributed by atoms with van der Waals surface area (Å²) in [5.41, 5.74) is 0.863. The summed E-state index contributed by atoms with van der Waals surface area (Å²) >= 11 is 0. The van der Waals surface area contributed by atoms with E-state index in [0.29, 0.717) is 6.04 Å². The van der Waals surface area contributed by atoms with Crippen LogP contribution in [0.1, 0.15) is 24.8 Å². The van der Waals surface area contributed by atoms with Crippen LogP contribution in [-0.4, -0.2) is 29.0 Å². The lowest BCUT2D eigenvalue weighted by atomic mass is 10.1. The summed E-state index contributed by atoms with van der Waals surface area (Å²) in [6.07, 6.45) is 4.61. The maximum Gasteiger partial charge on any atom is 0.287 e. The Morgan fingerprint density at radius 3 is 3.06 bits per heavy atom. The van der Waals surface area contributed by atoms with Crippen LogP contribution >= 0.6 is 0 Å². The minimum absolute atomic E-state index is 0.0422. The van der Waals surface area contributed by atoms with Gasteiger partial charge >= 0.3 is 0 Å². The summed E-state index contributed by atoms with van der Waals surface area (Å²) in [7, 11) is 0. The molecular formula is C12H18N4O2. The summed E-state index contributed by atoms with van der Waals surface area (Å²) in [5.74, 6) is 0.757. The highest BCUT2D eigenvalue weighted by atomic mass is 16.6. The first-order chi connectivity index (χ1) is 8.66. The van der Waals surface area contributed by atoms with Crippen LogP contribution in [0.25, 0.3) is 0 Å². The Morgan fingerprint density at radius 2 is 2.33 bits per heavy atom. The van der Waals surface area contributed by atoms with Crippen molar-refractivity contribution in [3.63, 3.8) is 0 Å². The molecule has 0 bridgehead atoms. The lowest BCUT2D eigenvalue weighted by Crippen LogP contribution is -2.22. The van der Waals surface area contributed by atoms with Crippen LogP contribution in [-0.2, 0) is 0 Å². The minimum atomic E-state index is -0.417. The highest BCUT2D eigenvalue weighted by molar-refractivity contribution is 5.48. The maximum absolute atomic E-state index is 10.6. The summed E-state index contributed by atoms with van der Waals surface area (Å²) in [6, 6.07) is 1.96. The molecule has 1 atom stereocenters. The van der Waals surface area contributed by atoms with Crippen LogP contribution in [0.4, 0.5) is 11.5 Å². The van der Waals surface area contributed by atoms with Crippen molar-refractivity contribution < 1.29 is 4.92 Å². The molecule has 2 rings (SSSR count). The largest absolute Gasteiger partial charge is 0.367 e. The van der Waals surface area contributed by atoms with Gasteiger partial charge in [-0.2, -0.15) is 0 Å². The lowest BCUT2D eigenvalue weighted by molar-refractivity contribution is -0.385. The fourth-order valence-corrected chi connectivity index (χ4v) is 2.17. The molecule has 1 fully saturated rings. The monoisotopic (exact) mass is 250 g/mol. The second kappa shape index (κ2) is 5.77. The van der Waals surface area contributed by atoms with Crippen molar-refractivity contribution in [1.29, 1.82) is 0 Å². The number of pyridine rings is 1. The van der Waals surface area contributed by atoms with E-state index in [4.69, 9.17) is 0 Å². The van der Waals surface area contributed by atoms with Crippen molar-refractivity contribution >= 4 is 11.5 Å². The summed E-state index contributed by atoms with van der Waals surface area (Å²) in [5, 5.41) is 17.4. The van der Waals surface area contributed by atoms with Gasteiger partial charge in [0.2, 0.25) is 0 Å². The number of hydrogen-bond donors (Lipinski definition) is 2. The SMILES string of the molecule is Cc1cc([N+](=O)[O-])cnc1NC1CCCNCC1. The molecule has 0 radical (unpaired) electrons. The van der Waals surface area contributed by atoms with Gasteiger partial charge in [0.15, 0.2) is 0 Å². The first-order valence-electron chi connectivity index (χ1n) is 6.25. The smallest absolute Gasteiger partial charge is 0.287 e. The number of rotatable bonds is 3. The van der Waals surface area contributed by atoms with E-state index in [2.05, 4.69) is 15.6 Å². The molecule has 2 N–H and O–H groups in total. The molecule has 1 aliphatic rings. The molecule has 0 saturated carbocycles. The van der Waals surface area contributed by atoms with Crippen molar-refractivity contribution in [3.05, 3.63) is 27.9 Å². The Kier molecular flexibility index (Phi) is 4.09. The predicted molar refractivity (Wildman–Crippen MR) is 69.8 cm³/mol. The molecule has 1 aliphatic heterocycles. The third kappa shape index (κ3) is 3.16. The Balaban J connectivity index is 2.06. The van der Waals surface area contributed by atoms with E-state index in [0.717, 1.165) is 43.7 Å². The summed E-state index contributed by atoms with van der Waals surface area (Å²) < 4.78 is 0. The quantitative estimate of drug-likeness (QED) is 0.632. The van der Waals surface area contributed by atoms with E-state index < -0.39 is 4.92 Å². The van der Waals surface area contributed by atoms with Gasteiger partial charge in [0.05, 0.1) is 4.92 Å². The molecule has 2 heterocycles. The van der Waals surface area contributed by atoms with Gasteiger partial charge in [0, 0.05) is 12.1 Å². The second-order valence-corrected chi connectivity index (χ2v) is 4.64. The van der Waals surface area contributed by atoms with Crippen LogP contribution in [0.2, 0.25) is 0 Å². The standard InChI is InChI=1S/C12H18N4O2/c1-9-7-11(16(17)18)8-14-12(9)15-10-3-2-5-13-6-4-10/h7-8,10,13H,2-6H2,1H3,(H,14,15). The van der Waals surface area contributed by atoms with Crippen molar-refractivity contribution in [2.24, 2.45) is 0 Å². The zero-order chi connectivity index (χ0) is 13.0. The van der Waals surface area contributed by atoms with E-state index in [-0.39, 0.29) is 5.69 Å². The van der Waals surface area contributed by atoms with Gasteiger partial charge in [-0.1, -0.05) is 0 Å². The number of anilines is 1. The van der Waals surface area contributed by atoms with Crippen molar-refractivity contribution in [2.45, 2.75) is 32.2 Å². The van der Waals surface area contributed by atoms with Crippen molar-refractivity contribution in [1.82, 2.24) is 10.3 Å². The average Bonchev–Trinajstić information content (AvgIpc) is 2.60. The number of nitrogens with zero attached hydrogens (tertiary/aromatic N) is 2. The van der Waals surface area contributed by atoms with E-state index in [9.17, 15) is 10.1 Å². The Morgan fingerprint density at radius 1 is 1.50 bits per heavy atom. The fourth-order valence-electron chi connectivity index (χ4n) is 2.17. The third-order valence-corrected chi connectivity index (χ3v) is 3.19. The van der Waals surface area contributed by atoms with E-state index in [1.165, 1.54) is 6.20 Å². The van der Waals surface area contributed by atoms with Gasteiger partial charge in [0.1, 0.15) is 12.0 Å². The molecular weight excluding hydrogens is 232 g/mol. The molecule has 0 aliphatic carbocycles. The zero-order valence-electron chi connectivity index (χ0n) is 10.5. The first kappa shape index (κ1) is 12.8. The topological polar surface area (TPSA) is 80.1 Å². The van der Waals surface area contributed by atoms with Gasteiger partial charge < -0.3 is 10.6 Å². The number of hydrogen-bond acceptors (Lipinski definition) is 5. The van der Waals surface area contributed by atoms with Gasteiger partial charge in [-0.25, -0.2) is 4.98 Å². The third-order valence-electron chi connectivity index (χ3n) is 3.19. The van der Waals surface area contributed by atoms with Gasteiger partial charge in [-0.3, -0.25) is 10.1 Å². The molecule has 98 valence electrons. The predicted octanol–water partition coefficient (Wildman–Crippen LogP) is 1.85. The molecule has 6 nitrogen and oxygen atoms in total. The molecule has 6 heteroatoms. The number of aryl methyl sites for hydroxylation is 1. The van der Waals surface area contributed by atoms with Crippen LogP contribution in [0.15, 0.2) is 12.3 Å². The molecule has 1 saturated heterocycles. The maximum atomic E-state index is 10.6. The highest BCUT2D eigenvalue weighted by Gasteiger charge is 2.15. The highest BCUT2D eigenvalue weighted by Crippen LogP contribution is 2.20. The van der Waals surface area contributed by atoms with Gasteiger partial charge in [-0.15, -0.1) is 0 Å². The molecule has 0 spiro atoms. The Bertz CT molecular complexity index is 428. The Labute approximate surface area is 106 Å². The van der Waals surface area contributed by atoms with Crippen molar-refractivity contribution in [3.8, 4) is 0 Å². The molecule has 1 aromatic rings. The van der Waals surface area contributed by atoms with Gasteiger partial charge in [-0.05, 0) is 44.8 Å². The summed E-state index contributed by atoms with van der Waals surface area (Å²) in [6.45, 7) is 3.91. The fraction of sp³-hybridized carbons (Fsp3) is 0.583. The molecule has 18 heavy (non-hydrogen) atoms. The number of nitro groups is 1. The normalized spacial score (nSPS) is 20.2. The molecule has 0 aromatic carbocycles. The van der Waals surface area contributed by atoms with Crippen LogP contribution in [0, 0.1) is 17.0 Å². The van der Waals surface area contributed by atoms with E-state index >= 15 is 0 Å². The molecule has 1 unspecified atom stereocenters. The van der Waals surface area contributed by atoms with Crippen LogP contribution < -0.4 is 10.6 Å². The molecule has 0 amide bonds. The van der Waals surface area contributed by atoms with Crippen molar-refractivity contribution in [2.75, 3.05) is 18.4 Å². The lowest BCUT2D eigenvalue weighted by Gasteiger charge is -2.17. The minimum Gasteiger partial charge on any atom is -0.367 e. The van der Waals surface area contributed by atoms with E-state index in [1.807, 2.05) is 6.92 Å². The number of nitrogens with one attached hydrogen (secondary N) is 2. The second-order valence-electron chi connectivity index (χ2n) is 4.64.